The molecule has 0 bridgehead atoms. The van der Waals surface area contributed by atoms with Crippen LogP contribution in [0.15, 0.2) is 29.3 Å². The highest BCUT2D eigenvalue weighted by Crippen LogP contribution is 2.31. The van der Waals surface area contributed by atoms with Gasteiger partial charge < -0.3 is 19.9 Å². The van der Waals surface area contributed by atoms with Crippen LogP contribution in [0, 0.1) is 0 Å². The molecule has 0 aliphatic carbocycles. The molecule has 2 N–H and O–H groups in total. The van der Waals surface area contributed by atoms with Crippen LogP contribution in [0.1, 0.15) is 24.6 Å². The number of ether oxygens (including phenoxy) is 1. The Kier molecular flexibility index (Phi) is 8.43. The summed E-state index contributed by atoms with van der Waals surface area (Å²) in [6.45, 7) is 3.15. The first kappa shape index (κ1) is 27.2. The third kappa shape index (κ3) is 7.08. The van der Waals surface area contributed by atoms with E-state index in [9.17, 15) is 35.9 Å². The average Bonchev–Trinajstić information content (AvgIpc) is 2.80. The summed E-state index contributed by atoms with van der Waals surface area (Å²) in [7, 11) is 0. The number of pyridine rings is 1. The maximum atomic E-state index is 13.1. The number of aromatic nitrogens is 3. The van der Waals surface area contributed by atoms with Crippen molar-refractivity contribution in [3.63, 3.8) is 0 Å². The molecule has 1 atom stereocenters. The number of nitrogens with one attached hydrogen (secondary N) is 2. The largest absolute Gasteiger partial charge is 0.433 e. The van der Waals surface area contributed by atoms with Gasteiger partial charge in [-0.15, -0.1) is 0 Å². The van der Waals surface area contributed by atoms with Gasteiger partial charge >= 0.3 is 12.4 Å². The minimum atomic E-state index is -4.86. The van der Waals surface area contributed by atoms with E-state index in [4.69, 9.17) is 4.74 Å². The van der Waals surface area contributed by atoms with Gasteiger partial charge in [-0.1, -0.05) is 0 Å². The molecule has 1 unspecified atom stereocenters. The van der Waals surface area contributed by atoms with Gasteiger partial charge in [0.15, 0.2) is 0 Å². The van der Waals surface area contributed by atoms with Gasteiger partial charge in [0.05, 0.1) is 43.4 Å². The van der Waals surface area contributed by atoms with Crippen molar-refractivity contribution in [2.45, 2.75) is 31.7 Å². The summed E-state index contributed by atoms with van der Waals surface area (Å²) in [4.78, 5) is 30.8. The fourth-order valence-electron chi connectivity index (χ4n) is 3.63. The molecule has 198 valence electrons. The van der Waals surface area contributed by atoms with Crippen LogP contribution in [0.4, 0.5) is 37.7 Å². The third-order valence-electron chi connectivity index (χ3n) is 5.41. The molecule has 0 radical (unpaired) electrons. The Labute approximate surface area is 201 Å². The van der Waals surface area contributed by atoms with Crippen molar-refractivity contribution >= 4 is 17.3 Å². The maximum Gasteiger partial charge on any atom is 0.433 e. The molecule has 0 spiro atoms. The van der Waals surface area contributed by atoms with Crippen molar-refractivity contribution in [1.82, 2.24) is 20.1 Å². The number of piperazine rings is 1. The predicted octanol–water partition coefficient (Wildman–Crippen LogP) is 2.76. The second kappa shape index (κ2) is 11.1. The molecule has 2 aromatic rings. The highest BCUT2D eigenvalue weighted by atomic mass is 19.4. The van der Waals surface area contributed by atoms with E-state index in [-0.39, 0.29) is 25.5 Å². The normalized spacial score (nSPS) is 15.6. The molecule has 3 rings (SSSR count). The van der Waals surface area contributed by atoms with Gasteiger partial charge in [-0.3, -0.25) is 9.59 Å². The standard InChI is InChI=1S/C21H24F6N6O3/c1-13(30-15-11-29-31-19(35)18(15)21(25,26)27)12-36-9-4-17(34)33-7-5-32(6-8-33)14-2-3-16(28-10-14)20(22,23)24/h2-3,10-11,13H,4-9,12H2,1H3,(H2,30,31,35). The van der Waals surface area contributed by atoms with Gasteiger partial charge in [0.2, 0.25) is 5.91 Å². The lowest BCUT2D eigenvalue weighted by Crippen LogP contribution is -2.49. The number of H-pyrrole nitrogens is 1. The molecule has 15 heteroatoms. The third-order valence-corrected chi connectivity index (χ3v) is 5.41. The van der Waals surface area contributed by atoms with Crippen LogP contribution in [0.3, 0.4) is 0 Å². The van der Waals surface area contributed by atoms with Crippen molar-refractivity contribution in [1.29, 1.82) is 0 Å². The lowest BCUT2D eigenvalue weighted by Gasteiger charge is -2.36. The SMILES string of the molecule is CC(COCCC(=O)N1CCN(c2ccc(C(F)(F)F)nc2)CC1)Nc1cn[nH]c(=O)c1C(F)(F)F. The van der Waals surface area contributed by atoms with E-state index >= 15 is 0 Å². The molecular formula is C21H24F6N6O3. The van der Waals surface area contributed by atoms with E-state index in [0.717, 1.165) is 18.5 Å². The summed E-state index contributed by atoms with van der Waals surface area (Å²) in [6, 6.07) is 1.65. The van der Waals surface area contributed by atoms with Crippen LogP contribution in [0.25, 0.3) is 0 Å². The number of carbonyl (C=O) groups excluding carboxylic acids is 1. The zero-order chi connectivity index (χ0) is 26.5. The molecular weight excluding hydrogens is 498 g/mol. The van der Waals surface area contributed by atoms with E-state index in [1.165, 1.54) is 6.07 Å². The van der Waals surface area contributed by atoms with Crippen molar-refractivity contribution in [3.05, 3.63) is 46.1 Å². The summed E-state index contributed by atoms with van der Waals surface area (Å²) in [5.41, 5.74) is -3.66. The van der Waals surface area contributed by atoms with E-state index in [1.807, 2.05) is 4.90 Å². The van der Waals surface area contributed by atoms with Gasteiger partial charge in [-0.25, -0.2) is 10.1 Å². The number of nitrogens with zero attached hydrogens (tertiary/aromatic N) is 4. The van der Waals surface area contributed by atoms with Crippen LogP contribution in [0.2, 0.25) is 0 Å². The summed E-state index contributed by atoms with van der Waals surface area (Å²) in [5.74, 6) is -0.182. The first-order chi connectivity index (χ1) is 16.9. The summed E-state index contributed by atoms with van der Waals surface area (Å²) in [6.07, 6.45) is -7.30. The molecule has 9 nitrogen and oxygen atoms in total. The van der Waals surface area contributed by atoms with E-state index in [0.29, 0.717) is 31.9 Å². The van der Waals surface area contributed by atoms with E-state index < -0.39 is 40.9 Å². The molecule has 2 aromatic heterocycles. The predicted molar refractivity (Wildman–Crippen MR) is 116 cm³/mol. The van der Waals surface area contributed by atoms with Gasteiger partial charge in [-0.05, 0) is 19.1 Å². The zero-order valence-corrected chi connectivity index (χ0v) is 19.1. The molecule has 36 heavy (non-hydrogen) atoms. The highest BCUT2D eigenvalue weighted by molar-refractivity contribution is 5.76. The number of alkyl halides is 6. The second-order valence-corrected chi connectivity index (χ2v) is 8.12. The van der Waals surface area contributed by atoms with Crippen molar-refractivity contribution < 1.29 is 35.9 Å². The van der Waals surface area contributed by atoms with Crippen molar-refractivity contribution in [2.24, 2.45) is 0 Å². The molecule has 1 saturated heterocycles. The number of rotatable bonds is 8. The fourth-order valence-corrected chi connectivity index (χ4v) is 3.63. The fraction of sp³-hybridized carbons (Fsp3) is 0.524. The molecule has 0 saturated carbocycles. The lowest BCUT2D eigenvalue weighted by molar-refractivity contribution is -0.141. The molecule has 1 fully saturated rings. The van der Waals surface area contributed by atoms with E-state index in [1.54, 1.807) is 16.9 Å². The Morgan fingerprint density at radius 1 is 1.11 bits per heavy atom. The number of aromatic amines is 1. The first-order valence-corrected chi connectivity index (χ1v) is 10.9. The maximum absolute atomic E-state index is 13.1. The first-order valence-electron chi connectivity index (χ1n) is 10.9. The molecule has 3 heterocycles. The van der Waals surface area contributed by atoms with Gasteiger partial charge in [0.25, 0.3) is 5.56 Å². The van der Waals surface area contributed by atoms with Crippen LogP contribution in [-0.2, 0) is 21.9 Å². The van der Waals surface area contributed by atoms with Crippen LogP contribution >= 0.6 is 0 Å². The van der Waals surface area contributed by atoms with Crippen molar-refractivity contribution in [2.75, 3.05) is 49.6 Å². The Balaban J connectivity index is 1.40. The minimum absolute atomic E-state index is 0.0218. The number of anilines is 2. The number of hydrogen-bond acceptors (Lipinski definition) is 7. The van der Waals surface area contributed by atoms with Gasteiger partial charge in [0.1, 0.15) is 11.3 Å². The Morgan fingerprint density at radius 3 is 2.39 bits per heavy atom. The molecule has 1 amide bonds. The summed E-state index contributed by atoms with van der Waals surface area (Å²) in [5, 5.41) is 7.67. The Hall–Kier alpha value is -3.36. The number of halogens is 6. The zero-order valence-electron chi connectivity index (χ0n) is 19.1. The number of amides is 1. The second-order valence-electron chi connectivity index (χ2n) is 8.12. The molecule has 1 aliphatic rings. The number of carbonyl (C=O) groups is 1. The van der Waals surface area contributed by atoms with E-state index in [2.05, 4.69) is 15.4 Å². The van der Waals surface area contributed by atoms with Crippen molar-refractivity contribution in [3.8, 4) is 0 Å². The smallest absolute Gasteiger partial charge is 0.379 e. The monoisotopic (exact) mass is 522 g/mol. The van der Waals surface area contributed by atoms with Crippen LogP contribution < -0.4 is 15.8 Å². The Bertz CT molecular complexity index is 1080. The average molecular weight is 522 g/mol. The summed E-state index contributed by atoms with van der Waals surface area (Å²) >= 11 is 0. The highest BCUT2D eigenvalue weighted by Gasteiger charge is 2.37. The number of hydrogen-bond donors (Lipinski definition) is 2. The minimum Gasteiger partial charge on any atom is -0.379 e. The van der Waals surface area contributed by atoms with Gasteiger partial charge in [-0.2, -0.15) is 31.4 Å². The quantitative estimate of drug-likeness (QED) is 0.406. The van der Waals surface area contributed by atoms with Gasteiger partial charge in [0, 0.05) is 32.2 Å². The molecule has 0 aromatic carbocycles. The Morgan fingerprint density at radius 2 is 1.81 bits per heavy atom. The molecule has 1 aliphatic heterocycles. The van der Waals surface area contributed by atoms with Crippen LogP contribution in [0.5, 0.6) is 0 Å². The lowest BCUT2D eigenvalue weighted by atomic mass is 10.2. The van der Waals surface area contributed by atoms with Crippen LogP contribution in [-0.4, -0.2) is 71.4 Å². The topological polar surface area (TPSA) is 103 Å². The summed E-state index contributed by atoms with van der Waals surface area (Å²) < 4.78 is 82.7.